The van der Waals surface area contributed by atoms with Crippen LogP contribution in [0.1, 0.15) is 15.9 Å². The lowest BCUT2D eigenvalue weighted by Gasteiger charge is -2.37. The van der Waals surface area contributed by atoms with E-state index in [9.17, 15) is 13.2 Å². The summed E-state index contributed by atoms with van der Waals surface area (Å²) in [5.41, 5.74) is 3.21. The molecule has 1 aliphatic rings. The molecule has 150 valence electrons. The number of piperazine rings is 1. The van der Waals surface area contributed by atoms with E-state index >= 15 is 0 Å². The van der Waals surface area contributed by atoms with Gasteiger partial charge in [-0.3, -0.25) is 9.10 Å². The Balaban J connectivity index is 1.71. The monoisotopic (exact) mass is 421 g/mol. The highest BCUT2D eigenvalue weighted by Gasteiger charge is 2.24. The van der Waals surface area contributed by atoms with Crippen LogP contribution in [0.15, 0.2) is 42.5 Å². The van der Waals surface area contributed by atoms with Crippen LogP contribution in [0.5, 0.6) is 0 Å². The van der Waals surface area contributed by atoms with Gasteiger partial charge in [0.15, 0.2) is 0 Å². The van der Waals surface area contributed by atoms with Gasteiger partial charge in [-0.05, 0) is 42.8 Å². The number of aryl methyl sites for hydroxylation is 1. The first-order valence-electron chi connectivity index (χ1n) is 9.01. The van der Waals surface area contributed by atoms with Crippen molar-refractivity contribution < 1.29 is 13.2 Å². The van der Waals surface area contributed by atoms with Crippen LogP contribution in [-0.4, -0.2) is 58.7 Å². The van der Waals surface area contributed by atoms with E-state index in [0.717, 1.165) is 30.6 Å². The normalized spacial score (nSPS) is 14.9. The molecule has 2 aromatic carbocycles. The first-order valence-corrected chi connectivity index (χ1v) is 11.2. The van der Waals surface area contributed by atoms with Crippen molar-refractivity contribution in [3.8, 4) is 0 Å². The van der Waals surface area contributed by atoms with Crippen LogP contribution < -0.4 is 9.21 Å². The average molecular weight is 422 g/mol. The molecule has 8 heteroatoms. The minimum Gasteiger partial charge on any atom is -0.368 e. The van der Waals surface area contributed by atoms with E-state index in [1.165, 1.54) is 11.4 Å². The van der Waals surface area contributed by atoms with Crippen molar-refractivity contribution in [2.45, 2.75) is 6.92 Å². The number of rotatable bonds is 4. The molecule has 1 fully saturated rings. The van der Waals surface area contributed by atoms with Crippen molar-refractivity contribution >= 4 is 38.9 Å². The molecule has 1 saturated heterocycles. The third kappa shape index (κ3) is 4.42. The predicted octanol–water partition coefficient (Wildman–Crippen LogP) is 3.01. The van der Waals surface area contributed by atoms with E-state index in [2.05, 4.69) is 4.90 Å². The van der Waals surface area contributed by atoms with E-state index < -0.39 is 10.0 Å². The molecular weight excluding hydrogens is 398 g/mol. The average Bonchev–Trinajstić information content (AvgIpc) is 2.68. The summed E-state index contributed by atoms with van der Waals surface area (Å²) in [6.45, 7) is 4.67. The van der Waals surface area contributed by atoms with Crippen LogP contribution in [0.3, 0.4) is 0 Å². The summed E-state index contributed by atoms with van der Waals surface area (Å²) in [5, 5.41) is 0.700. The highest BCUT2D eigenvalue weighted by atomic mass is 35.5. The van der Waals surface area contributed by atoms with Gasteiger partial charge < -0.3 is 9.80 Å². The Morgan fingerprint density at radius 1 is 1.07 bits per heavy atom. The third-order valence-electron chi connectivity index (χ3n) is 5.03. The smallest absolute Gasteiger partial charge is 0.254 e. The maximum atomic E-state index is 12.9. The number of anilines is 2. The van der Waals surface area contributed by atoms with Gasteiger partial charge in [-0.25, -0.2) is 8.42 Å². The number of hydrogen-bond donors (Lipinski definition) is 0. The number of nitrogens with zero attached hydrogens (tertiary/aromatic N) is 3. The molecule has 2 aromatic rings. The Kier molecular flexibility index (Phi) is 5.86. The van der Waals surface area contributed by atoms with Gasteiger partial charge in [-0.2, -0.15) is 0 Å². The molecule has 0 atom stereocenters. The predicted molar refractivity (Wildman–Crippen MR) is 114 cm³/mol. The van der Waals surface area contributed by atoms with Crippen molar-refractivity contribution in [1.29, 1.82) is 0 Å². The fourth-order valence-corrected chi connectivity index (χ4v) is 3.95. The Morgan fingerprint density at radius 3 is 2.39 bits per heavy atom. The molecule has 0 radical (unpaired) electrons. The summed E-state index contributed by atoms with van der Waals surface area (Å²) in [7, 11) is -1.90. The third-order valence-corrected chi connectivity index (χ3v) is 6.47. The molecule has 0 aliphatic carbocycles. The largest absolute Gasteiger partial charge is 0.368 e. The zero-order valence-electron chi connectivity index (χ0n) is 16.2. The van der Waals surface area contributed by atoms with Gasteiger partial charge in [0.1, 0.15) is 0 Å². The van der Waals surface area contributed by atoms with Gasteiger partial charge in [-0.15, -0.1) is 0 Å². The Hall–Kier alpha value is -2.25. The summed E-state index contributed by atoms with van der Waals surface area (Å²) >= 11 is 6.13. The van der Waals surface area contributed by atoms with Crippen molar-refractivity contribution in [2.24, 2.45) is 0 Å². The summed E-state index contributed by atoms with van der Waals surface area (Å²) < 4.78 is 24.7. The van der Waals surface area contributed by atoms with E-state index in [4.69, 9.17) is 11.6 Å². The quantitative estimate of drug-likeness (QED) is 0.761. The van der Waals surface area contributed by atoms with Crippen LogP contribution in [0, 0.1) is 6.92 Å². The first kappa shape index (κ1) is 20.5. The molecular formula is C20H24ClN3O3S. The minimum absolute atomic E-state index is 0.0915. The molecule has 1 amide bonds. The van der Waals surface area contributed by atoms with Crippen LogP contribution >= 0.6 is 11.6 Å². The molecule has 0 saturated carbocycles. The molecule has 3 rings (SSSR count). The van der Waals surface area contributed by atoms with Crippen molar-refractivity contribution in [1.82, 2.24) is 4.90 Å². The lowest BCUT2D eigenvalue weighted by atomic mass is 10.1. The maximum Gasteiger partial charge on any atom is 0.254 e. The summed E-state index contributed by atoms with van der Waals surface area (Å²) in [4.78, 5) is 16.9. The number of benzene rings is 2. The Labute approximate surface area is 171 Å². The zero-order valence-corrected chi connectivity index (χ0v) is 17.8. The molecule has 0 N–H and O–H groups in total. The van der Waals surface area contributed by atoms with Crippen LogP contribution in [0.25, 0.3) is 0 Å². The fraction of sp³-hybridized carbons (Fsp3) is 0.350. The second-order valence-electron chi connectivity index (χ2n) is 6.99. The molecule has 0 unspecified atom stereocenters. The van der Waals surface area contributed by atoms with E-state index in [1.54, 1.807) is 29.2 Å². The maximum absolute atomic E-state index is 12.9. The highest BCUT2D eigenvalue weighted by molar-refractivity contribution is 7.92. The summed E-state index contributed by atoms with van der Waals surface area (Å²) in [6, 6.07) is 12.6. The summed E-state index contributed by atoms with van der Waals surface area (Å²) in [5.74, 6) is -0.0915. The van der Waals surface area contributed by atoms with Gasteiger partial charge in [-0.1, -0.05) is 23.7 Å². The van der Waals surface area contributed by atoms with Crippen molar-refractivity contribution in [3.63, 3.8) is 0 Å². The number of halogens is 1. The van der Waals surface area contributed by atoms with Gasteiger partial charge in [0.05, 0.1) is 11.9 Å². The van der Waals surface area contributed by atoms with Gasteiger partial charge in [0, 0.05) is 49.5 Å². The van der Waals surface area contributed by atoms with Crippen LogP contribution in [-0.2, 0) is 10.0 Å². The fourth-order valence-electron chi connectivity index (χ4n) is 3.28. The number of sulfonamides is 1. The molecule has 0 bridgehead atoms. The lowest BCUT2D eigenvalue weighted by Crippen LogP contribution is -2.49. The molecule has 28 heavy (non-hydrogen) atoms. The standard InChI is InChI=1S/C20H24ClN3O3S/c1-15-7-8-17(21)14-19(15)23-9-11-24(12-10-23)20(25)16-5-4-6-18(13-16)22(2)28(3,26)27/h4-8,13-14H,9-12H2,1-3H3. The van der Waals surface area contributed by atoms with Crippen LogP contribution in [0.4, 0.5) is 11.4 Å². The van der Waals surface area contributed by atoms with Crippen LogP contribution in [0.2, 0.25) is 5.02 Å². The second-order valence-corrected chi connectivity index (χ2v) is 9.44. The zero-order chi connectivity index (χ0) is 20.5. The molecule has 0 aromatic heterocycles. The number of carbonyl (C=O) groups is 1. The summed E-state index contributed by atoms with van der Waals surface area (Å²) in [6.07, 6.45) is 1.14. The van der Waals surface area contributed by atoms with Crippen molar-refractivity contribution in [3.05, 3.63) is 58.6 Å². The van der Waals surface area contributed by atoms with E-state index in [1.807, 2.05) is 25.1 Å². The Morgan fingerprint density at radius 2 is 1.75 bits per heavy atom. The topological polar surface area (TPSA) is 60.9 Å². The Bertz CT molecular complexity index is 986. The minimum atomic E-state index is -3.38. The second kappa shape index (κ2) is 8.01. The number of hydrogen-bond acceptors (Lipinski definition) is 4. The van der Waals surface area contributed by atoms with Gasteiger partial charge in [0.2, 0.25) is 10.0 Å². The lowest BCUT2D eigenvalue weighted by molar-refractivity contribution is 0.0747. The van der Waals surface area contributed by atoms with Gasteiger partial charge >= 0.3 is 0 Å². The first-order chi connectivity index (χ1) is 13.2. The van der Waals surface area contributed by atoms with E-state index in [-0.39, 0.29) is 5.91 Å². The molecule has 6 nitrogen and oxygen atoms in total. The highest BCUT2D eigenvalue weighted by Crippen LogP contribution is 2.26. The number of carbonyl (C=O) groups excluding carboxylic acids is 1. The van der Waals surface area contributed by atoms with Gasteiger partial charge in [0.25, 0.3) is 5.91 Å². The molecule has 0 spiro atoms. The molecule has 1 heterocycles. The van der Waals surface area contributed by atoms with Crippen molar-refractivity contribution in [2.75, 3.05) is 48.7 Å². The van der Waals surface area contributed by atoms with E-state index in [0.29, 0.717) is 29.4 Å². The SMILES string of the molecule is Cc1ccc(Cl)cc1N1CCN(C(=O)c2cccc(N(C)S(C)(=O)=O)c2)CC1. The number of amides is 1. The molecule has 1 aliphatic heterocycles.